The van der Waals surface area contributed by atoms with Gasteiger partial charge in [0, 0.05) is 22.9 Å². The van der Waals surface area contributed by atoms with Crippen molar-refractivity contribution in [3.05, 3.63) is 28.8 Å². The lowest BCUT2D eigenvalue weighted by molar-refractivity contribution is -0.135. The van der Waals surface area contributed by atoms with Gasteiger partial charge in [0.2, 0.25) is 11.8 Å². The van der Waals surface area contributed by atoms with Crippen LogP contribution in [0.5, 0.6) is 0 Å². The first kappa shape index (κ1) is 14.7. The smallest absolute Gasteiger partial charge is 0.248 e. The van der Waals surface area contributed by atoms with Gasteiger partial charge in [0.1, 0.15) is 6.04 Å². The third kappa shape index (κ3) is 2.53. The van der Waals surface area contributed by atoms with Crippen LogP contribution in [0.1, 0.15) is 25.3 Å². The molecule has 6 heteroatoms. The van der Waals surface area contributed by atoms with Crippen LogP contribution >= 0.6 is 23.4 Å². The van der Waals surface area contributed by atoms with Crippen LogP contribution in [-0.2, 0) is 9.59 Å². The summed E-state index contributed by atoms with van der Waals surface area (Å²) < 4.78 is 0. The summed E-state index contributed by atoms with van der Waals surface area (Å²) in [6.07, 6.45) is 1.35. The van der Waals surface area contributed by atoms with Gasteiger partial charge in [0.25, 0.3) is 0 Å². The minimum atomic E-state index is -0.384. The molecule has 2 saturated heterocycles. The van der Waals surface area contributed by atoms with Gasteiger partial charge in [0.15, 0.2) is 0 Å². The van der Waals surface area contributed by atoms with Crippen molar-refractivity contribution in [2.45, 2.75) is 37.6 Å². The topological polar surface area (TPSA) is 49.4 Å². The van der Waals surface area contributed by atoms with Crippen LogP contribution in [0.2, 0.25) is 5.02 Å². The summed E-state index contributed by atoms with van der Waals surface area (Å²) in [4.78, 5) is 26.1. The molecule has 2 fully saturated rings. The van der Waals surface area contributed by atoms with Gasteiger partial charge in [-0.2, -0.15) is 0 Å². The van der Waals surface area contributed by atoms with E-state index in [0.29, 0.717) is 17.2 Å². The predicted molar refractivity (Wildman–Crippen MR) is 85.5 cm³/mol. The van der Waals surface area contributed by atoms with Gasteiger partial charge < -0.3 is 10.2 Å². The highest BCUT2D eigenvalue weighted by Gasteiger charge is 2.52. The third-order valence-electron chi connectivity index (χ3n) is 4.19. The molecule has 3 rings (SSSR count). The predicted octanol–water partition coefficient (Wildman–Crippen LogP) is 3.04. The number of amides is 2. The molecule has 21 heavy (non-hydrogen) atoms. The SMILES string of the molecule is Cc1cc(Cl)ccc1NC(=O)[C@@H]1CS[C@]2(C)CCC(=O)N12. The zero-order chi connectivity index (χ0) is 15.2. The van der Waals surface area contributed by atoms with Gasteiger partial charge in [-0.25, -0.2) is 0 Å². The molecule has 1 aromatic carbocycles. The van der Waals surface area contributed by atoms with Gasteiger partial charge in [-0.05, 0) is 44.0 Å². The van der Waals surface area contributed by atoms with E-state index in [2.05, 4.69) is 5.32 Å². The Morgan fingerprint density at radius 1 is 1.52 bits per heavy atom. The quantitative estimate of drug-likeness (QED) is 0.909. The van der Waals surface area contributed by atoms with Gasteiger partial charge in [-0.15, -0.1) is 11.8 Å². The lowest BCUT2D eigenvalue weighted by Crippen LogP contribution is -2.48. The summed E-state index contributed by atoms with van der Waals surface area (Å²) in [7, 11) is 0. The Morgan fingerprint density at radius 3 is 3.00 bits per heavy atom. The first-order valence-corrected chi connectivity index (χ1v) is 8.30. The fourth-order valence-electron chi connectivity index (χ4n) is 3.00. The van der Waals surface area contributed by atoms with Crippen molar-refractivity contribution in [3.63, 3.8) is 0 Å². The highest BCUT2D eigenvalue weighted by molar-refractivity contribution is 8.01. The number of carbonyl (C=O) groups excluding carboxylic acids is 2. The van der Waals surface area contributed by atoms with Gasteiger partial charge in [0.05, 0.1) is 4.87 Å². The van der Waals surface area contributed by atoms with Crippen molar-refractivity contribution < 1.29 is 9.59 Å². The maximum atomic E-state index is 12.5. The molecule has 0 radical (unpaired) electrons. The van der Waals surface area contributed by atoms with E-state index in [4.69, 9.17) is 11.6 Å². The van der Waals surface area contributed by atoms with Crippen molar-refractivity contribution in [3.8, 4) is 0 Å². The molecule has 0 aromatic heterocycles. The largest absolute Gasteiger partial charge is 0.324 e. The Labute approximate surface area is 133 Å². The Morgan fingerprint density at radius 2 is 2.29 bits per heavy atom. The molecule has 0 aliphatic carbocycles. The molecule has 2 aliphatic heterocycles. The lowest BCUT2D eigenvalue weighted by Gasteiger charge is -2.30. The number of hydrogen-bond acceptors (Lipinski definition) is 3. The molecule has 0 unspecified atom stereocenters. The van der Waals surface area contributed by atoms with E-state index in [0.717, 1.165) is 17.7 Å². The van der Waals surface area contributed by atoms with Crippen LogP contribution in [0.25, 0.3) is 0 Å². The normalized spacial score (nSPS) is 27.9. The molecular formula is C15H17ClN2O2S. The van der Waals surface area contributed by atoms with E-state index in [1.807, 2.05) is 19.9 Å². The molecule has 0 saturated carbocycles. The number of rotatable bonds is 2. The highest BCUT2D eigenvalue weighted by Crippen LogP contribution is 2.47. The minimum Gasteiger partial charge on any atom is -0.324 e. The fourth-order valence-corrected chi connectivity index (χ4v) is 4.66. The number of carbonyl (C=O) groups is 2. The average molecular weight is 325 g/mol. The van der Waals surface area contributed by atoms with Crippen LogP contribution in [-0.4, -0.2) is 33.4 Å². The number of halogens is 1. The molecule has 0 spiro atoms. The van der Waals surface area contributed by atoms with E-state index in [1.54, 1.807) is 28.8 Å². The van der Waals surface area contributed by atoms with Crippen LogP contribution in [0.3, 0.4) is 0 Å². The molecule has 2 amide bonds. The molecule has 0 bridgehead atoms. The number of nitrogens with one attached hydrogen (secondary N) is 1. The summed E-state index contributed by atoms with van der Waals surface area (Å²) in [5.74, 6) is 0.614. The van der Waals surface area contributed by atoms with E-state index in [9.17, 15) is 9.59 Å². The molecule has 2 aliphatic rings. The van der Waals surface area contributed by atoms with E-state index in [1.165, 1.54) is 0 Å². The second-order valence-corrected chi connectivity index (χ2v) is 7.65. The lowest BCUT2D eigenvalue weighted by atomic mass is 10.1. The number of nitrogens with zero attached hydrogens (tertiary/aromatic N) is 1. The van der Waals surface area contributed by atoms with E-state index < -0.39 is 0 Å². The van der Waals surface area contributed by atoms with Crippen LogP contribution in [0, 0.1) is 6.92 Å². The number of fused-ring (bicyclic) bond motifs is 1. The summed E-state index contributed by atoms with van der Waals surface area (Å²) in [6, 6.07) is 4.97. The maximum absolute atomic E-state index is 12.5. The Hall–Kier alpha value is -1.20. The van der Waals surface area contributed by atoms with Crippen molar-refractivity contribution in [1.29, 1.82) is 0 Å². The second kappa shape index (κ2) is 5.21. The first-order chi connectivity index (χ1) is 9.90. The molecule has 2 atom stereocenters. The van der Waals surface area contributed by atoms with Crippen LogP contribution in [0.15, 0.2) is 18.2 Å². The van der Waals surface area contributed by atoms with Crippen molar-refractivity contribution in [2.75, 3.05) is 11.1 Å². The van der Waals surface area contributed by atoms with Crippen molar-refractivity contribution in [1.82, 2.24) is 4.90 Å². The third-order valence-corrected chi connectivity index (χ3v) is 5.93. The van der Waals surface area contributed by atoms with E-state index in [-0.39, 0.29) is 22.7 Å². The average Bonchev–Trinajstić information content (AvgIpc) is 2.90. The number of thioether (sulfide) groups is 1. The first-order valence-electron chi connectivity index (χ1n) is 6.94. The minimum absolute atomic E-state index is 0.0791. The highest BCUT2D eigenvalue weighted by atomic mass is 35.5. The number of benzene rings is 1. The number of aryl methyl sites for hydroxylation is 1. The summed E-state index contributed by atoms with van der Waals surface area (Å²) >= 11 is 7.62. The standard InChI is InChI=1S/C15H17ClN2O2S/c1-9-7-10(16)3-4-11(9)17-14(20)12-8-21-15(2)6-5-13(19)18(12)15/h3-4,7,12H,5-6,8H2,1-2H3,(H,17,20)/t12-,15+/m0/s1. The molecule has 112 valence electrons. The zero-order valence-corrected chi connectivity index (χ0v) is 13.6. The maximum Gasteiger partial charge on any atom is 0.248 e. The Balaban J connectivity index is 1.78. The zero-order valence-electron chi connectivity index (χ0n) is 12.0. The summed E-state index contributed by atoms with van der Waals surface area (Å²) in [6.45, 7) is 3.94. The Kier molecular flexibility index (Phi) is 3.66. The molecule has 4 nitrogen and oxygen atoms in total. The van der Waals surface area contributed by atoms with Crippen LogP contribution < -0.4 is 5.32 Å². The van der Waals surface area contributed by atoms with Gasteiger partial charge in [-0.3, -0.25) is 9.59 Å². The monoisotopic (exact) mass is 324 g/mol. The fraction of sp³-hybridized carbons (Fsp3) is 0.467. The summed E-state index contributed by atoms with van der Waals surface area (Å²) in [5, 5.41) is 3.57. The second-order valence-electron chi connectivity index (χ2n) is 5.71. The summed E-state index contributed by atoms with van der Waals surface area (Å²) in [5.41, 5.74) is 1.66. The van der Waals surface area contributed by atoms with Gasteiger partial charge >= 0.3 is 0 Å². The number of hydrogen-bond donors (Lipinski definition) is 1. The Bertz CT molecular complexity index is 622. The van der Waals surface area contributed by atoms with Crippen molar-refractivity contribution >= 4 is 40.9 Å². The number of anilines is 1. The van der Waals surface area contributed by atoms with E-state index >= 15 is 0 Å². The van der Waals surface area contributed by atoms with Crippen molar-refractivity contribution in [2.24, 2.45) is 0 Å². The molecule has 1 N–H and O–H groups in total. The van der Waals surface area contributed by atoms with Crippen LogP contribution in [0.4, 0.5) is 5.69 Å². The molecular weight excluding hydrogens is 308 g/mol. The molecule has 2 heterocycles. The van der Waals surface area contributed by atoms with Gasteiger partial charge in [-0.1, -0.05) is 11.6 Å². The molecule has 1 aromatic rings.